The third-order valence-electron chi connectivity index (χ3n) is 6.87. The summed E-state index contributed by atoms with van der Waals surface area (Å²) in [5.41, 5.74) is 5.18. The summed E-state index contributed by atoms with van der Waals surface area (Å²) < 4.78 is 11.7. The molecule has 0 aliphatic carbocycles. The maximum absolute atomic E-state index is 6.07. The van der Waals surface area contributed by atoms with Gasteiger partial charge in [-0.25, -0.2) is 0 Å². The van der Waals surface area contributed by atoms with E-state index < -0.39 is 0 Å². The van der Waals surface area contributed by atoms with Gasteiger partial charge in [0.15, 0.2) is 0 Å². The quantitative estimate of drug-likeness (QED) is 0.277. The van der Waals surface area contributed by atoms with Gasteiger partial charge in [0.2, 0.25) is 0 Å². The van der Waals surface area contributed by atoms with E-state index in [0.29, 0.717) is 24.9 Å². The van der Waals surface area contributed by atoms with E-state index in [9.17, 15) is 0 Å². The van der Waals surface area contributed by atoms with Crippen molar-refractivity contribution in [2.45, 2.75) is 31.5 Å². The van der Waals surface area contributed by atoms with Crippen molar-refractivity contribution in [1.29, 1.82) is 0 Å². The number of nitrogens with zero attached hydrogens (tertiary/aromatic N) is 1. The fourth-order valence-corrected chi connectivity index (χ4v) is 4.63. The van der Waals surface area contributed by atoms with Crippen LogP contribution in [-0.2, 0) is 22.7 Å². The molecule has 2 heterocycles. The molecule has 6 rings (SSSR count). The third-order valence-corrected chi connectivity index (χ3v) is 6.87. The first kappa shape index (κ1) is 28.0. The lowest BCUT2D eigenvalue weighted by Gasteiger charge is -2.44. The normalized spacial score (nSPS) is 15.5. The highest BCUT2D eigenvalue weighted by molar-refractivity contribution is 5.85. The second kappa shape index (κ2) is 14.8. The van der Waals surface area contributed by atoms with E-state index >= 15 is 0 Å². The number of ether oxygens (including phenoxy) is 2. The van der Waals surface area contributed by atoms with Crippen LogP contribution >= 0.6 is 12.4 Å². The maximum Gasteiger partial charge on any atom is 0.0833 e. The van der Waals surface area contributed by atoms with Crippen LogP contribution in [0.15, 0.2) is 121 Å². The fraction of sp³-hybridized carbons (Fsp3) is 0.273. The summed E-state index contributed by atoms with van der Waals surface area (Å²) in [6, 6.07) is 42.5. The number of hydrogen-bond donors (Lipinski definition) is 1. The number of benzene rings is 4. The first-order chi connectivity index (χ1) is 18.3. The van der Waals surface area contributed by atoms with Crippen LogP contribution in [0.4, 0.5) is 0 Å². The molecular weight excluding hydrogens is 492 g/mol. The average Bonchev–Trinajstić information content (AvgIpc) is 2.92. The summed E-state index contributed by atoms with van der Waals surface area (Å²) in [4.78, 5) is 2.50. The predicted octanol–water partition coefficient (Wildman–Crippen LogP) is 6.27. The summed E-state index contributed by atoms with van der Waals surface area (Å²) >= 11 is 0. The van der Waals surface area contributed by atoms with Crippen LogP contribution in [0.2, 0.25) is 0 Å². The molecule has 0 atom stereocenters. The van der Waals surface area contributed by atoms with Gasteiger partial charge in [0.1, 0.15) is 0 Å². The van der Waals surface area contributed by atoms with Gasteiger partial charge in [0.05, 0.1) is 31.5 Å². The molecule has 1 N–H and O–H groups in total. The molecule has 2 fully saturated rings. The first-order valence-electron chi connectivity index (χ1n) is 13.2. The highest BCUT2D eigenvalue weighted by Gasteiger charge is 2.34. The van der Waals surface area contributed by atoms with E-state index in [2.05, 4.69) is 107 Å². The minimum atomic E-state index is 0. The van der Waals surface area contributed by atoms with Crippen molar-refractivity contribution in [3.05, 3.63) is 144 Å². The van der Waals surface area contributed by atoms with Crippen molar-refractivity contribution in [3.8, 4) is 0 Å². The molecule has 4 nitrogen and oxygen atoms in total. The van der Waals surface area contributed by atoms with Crippen LogP contribution in [0.1, 0.15) is 28.3 Å². The van der Waals surface area contributed by atoms with E-state index in [1.165, 1.54) is 22.3 Å². The smallest absolute Gasteiger partial charge is 0.0833 e. The Bertz CT molecular complexity index is 1130. The lowest BCUT2D eigenvalue weighted by molar-refractivity contribution is -0.0740. The Morgan fingerprint density at radius 2 is 0.974 bits per heavy atom. The Morgan fingerprint density at radius 3 is 1.37 bits per heavy atom. The molecule has 0 unspecified atom stereocenters. The summed E-state index contributed by atoms with van der Waals surface area (Å²) in [6.07, 6.45) is 0.750. The van der Waals surface area contributed by atoms with Gasteiger partial charge in [-0.05, 0) is 22.3 Å². The molecule has 198 valence electrons. The molecule has 2 aliphatic heterocycles. The van der Waals surface area contributed by atoms with E-state index in [4.69, 9.17) is 9.47 Å². The fourth-order valence-electron chi connectivity index (χ4n) is 4.63. The SMILES string of the molecule is Cl.c1ccc(COC2CN(C(c3ccccc3)c3ccccc3)C2)cc1.c1ccc(COC2CNC2)cc1. The molecule has 2 saturated heterocycles. The second-order valence-corrected chi connectivity index (χ2v) is 9.67. The molecule has 4 aromatic carbocycles. The van der Waals surface area contributed by atoms with Gasteiger partial charge >= 0.3 is 0 Å². The number of halogens is 1. The average molecular weight is 529 g/mol. The van der Waals surface area contributed by atoms with Gasteiger partial charge in [0.25, 0.3) is 0 Å². The summed E-state index contributed by atoms with van der Waals surface area (Å²) in [6.45, 7) is 5.40. The van der Waals surface area contributed by atoms with Gasteiger partial charge in [-0.1, -0.05) is 121 Å². The molecule has 0 aromatic heterocycles. The van der Waals surface area contributed by atoms with Crippen molar-refractivity contribution >= 4 is 12.4 Å². The molecule has 0 radical (unpaired) electrons. The van der Waals surface area contributed by atoms with Crippen LogP contribution in [0.5, 0.6) is 0 Å². The number of rotatable bonds is 9. The van der Waals surface area contributed by atoms with Gasteiger partial charge in [-0.2, -0.15) is 0 Å². The van der Waals surface area contributed by atoms with Crippen LogP contribution in [0, 0.1) is 0 Å². The Morgan fingerprint density at radius 1 is 0.579 bits per heavy atom. The van der Waals surface area contributed by atoms with Gasteiger partial charge in [-0.15, -0.1) is 12.4 Å². The molecule has 38 heavy (non-hydrogen) atoms. The lowest BCUT2D eigenvalue weighted by Crippen LogP contribution is -2.53. The number of hydrogen-bond acceptors (Lipinski definition) is 4. The summed E-state index contributed by atoms with van der Waals surface area (Å²) in [7, 11) is 0. The zero-order valence-corrected chi connectivity index (χ0v) is 22.5. The number of likely N-dealkylation sites (tertiary alicyclic amines) is 1. The van der Waals surface area contributed by atoms with Crippen molar-refractivity contribution in [2.75, 3.05) is 26.2 Å². The van der Waals surface area contributed by atoms with Crippen molar-refractivity contribution in [3.63, 3.8) is 0 Å². The molecular formula is C33H37ClN2O2. The van der Waals surface area contributed by atoms with Gasteiger partial charge in [0, 0.05) is 26.2 Å². The number of nitrogens with one attached hydrogen (secondary N) is 1. The first-order valence-corrected chi connectivity index (χ1v) is 13.2. The van der Waals surface area contributed by atoms with E-state index in [0.717, 1.165) is 32.8 Å². The Kier molecular flexibility index (Phi) is 10.9. The standard InChI is InChI=1S/C23H23NO.C10H13NO.ClH/c1-4-10-19(11-5-1)18-25-22-16-24(17-22)23(20-12-6-2-7-13-20)21-14-8-3-9-15-21;1-2-4-9(5-3-1)8-12-10-6-11-7-10;/h1-15,22-23H,16-18H2;1-5,10-11H,6-8H2;1H. The molecule has 4 aromatic rings. The highest BCUT2D eigenvalue weighted by atomic mass is 35.5. The molecule has 5 heteroatoms. The molecule has 0 spiro atoms. The van der Waals surface area contributed by atoms with Crippen LogP contribution in [0.25, 0.3) is 0 Å². The monoisotopic (exact) mass is 528 g/mol. The molecule has 0 saturated carbocycles. The van der Waals surface area contributed by atoms with Crippen molar-refractivity contribution in [1.82, 2.24) is 10.2 Å². The van der Waals surface area contributed by atoms with E-state index in [1.807, 2.05) is 24.3 Å². The van der Waals surface area contributed by atoms with Crippen molar-refractivity contribution in [2.24, 2.45) is 0 Å². The zero-order chi connectivity index (χ0) is 25.1. The van der Waals surface area contributed by atoms with Crippen LogP contribution < -0.4 is 5.32 Å². The topological polar surface area (TPSA) is 33.7 Å². The Hall–Kier alpha value is -2.99. The van der Waals surface area contributed by atoms with Gasteiger partial charge < -0.3 is 14.8 Å². The third kappa shape index (κ3) is 8.00. The predicted molar refractivity (Wildman–Crippen MR) is 156 cm³/mol. The van der Waals surface area contributed by atoms with Crippen LogP contribution in [0.3, 0.4) is 0 Å². The zero-order valence-electron chi connectivity index (χ0n) is 21.7. The molecule has 2 aliphatic rings. The Balaban J connectivity index is 0.000000218. The summed E-state index contributed by atoms with van der Waals surface area (Å²) in [5.74, 6) is 0. The lowest BCUT2D eigenvalue weighted by atomic mass is 9.94. The van der Waals surface area contributed by atoms with Crippen LogP contribution in [-0.4, -0.2) is 43.3 Å². The van der Waals surface area contributed by atoms with E-state index in [1.54, 1.807) is 0 Å². The maximum atomic E-state index is 6.07. The van der Waals surface area contributed by atoms with E-state index in [-0.39, 0.29) is 12.4 Å². The van der Waals surface area contributed by atoms with Crippen molar-refractivity contribution < 1.29 is 9.47 Å². The molecule has 0 amide bonds. The second-order valence-electron chi connectivity index (χ2n) is 9.67. The minimum Gasteiger partial charge on any atom is -0.371 e. The largest absolute Gasteiger partial charge is 0.371 e. The minimum absolute atomic E-state index is 0. The molecule has 0 bridgehead atoms. The summed E-state index contributed by atoms with van der Waals surface area (Å²) in [5, 5.41) is 3.17. The Labute approximate surface area is 233 Å². The highest BCUT2D eigenvalue weighted by Crippen LogP contribution is 2.33. The van der Waals surface area contributed by atoms with Gasteiger partial charge in [-0.3, -0.25) is 4.90 Å².